The molecule has 0 heterocycles. The minimum atomic E-state index is -0.552. The second-order valence-corrected chi connectivity index (χ2v) is 3.48. The first-order valence-corrected chi connectivity index (χ1v) is 4.88. The topological polar surface area (TPSA) is 37.3 Å². The molecule has 2 nitrogen and oxygen atoms in total. The summed E-state index contributed by atoms with van der Waals surface area (Å²) >= 11 is 0. The Labute approximate surface area is 80.7 Å². The maximum absolute atomic E-state index is 11.3. The molecule has 1 N–H and O–H groups in total. The van der Waals surface area contributed by atoms with Gasteiger partial charge in [-0.25, -0.2) is 0 Å². The summed E-state index contributed by atoms with van der Waals surface area (Å²) in [5.74, 6) is -0.0736. The standard InChI is InChI=1S/C11H20O2/c1-5-7-8(3)11(13)9(4)10(12)6-2/h5,7-9,11,13H,6H2,1-4H3/b7-5+/t8-,9-,11-/m0/s1. The number of carbonyl (C=O) groups excluding carboxylic acids is 1. The average molecular weight is 184 g/mol. The van der Waals surface area contributed by atoms with E-state index in [2.05, 4.69) is 0 Å². The highest BCUT2D eigenvalue weighted by atomic mass is 16.3. The third-order valence-corrected chi connectivity index (χ3v) is 2.40. The third-order valence-electron chi connectivity index (χ3n) is 2.40. The molecule has 0 aromatic rings. The lowest BCUT2D eigenvalue weighted by atomic mass is 9.89. The first-order chi connectivity index (χ1) is 6.04. The summed E-state index contributed by atoms with van der Waals surface area (Å²) in [6.45, 7) is 7.45. The number of aliphatic hydroxyl groups excluding tert-OH is 1. The van der Waals surface area contributed by atoms with Crippen molar-refractivity contribution in [2.75, 3.05) is 0 Å². The van der Waals surface area contributed by atoms with Crippen LogP contribution in [0, 0.1) is 11.8 Å². The van der Waals surface area contributed by atoms with Crippen molar-refractivity contribution in [1.82, 2.24) is 0 Å². The zero-order valence-electron chi connectivity index (χ0n) is 8.95. The largest absolute Gasteiger partial charge is 0.392 e. The molecule has 0 aromatic heterocycles. The van der Waals surface area contributed by atoms with Crippen LogP contribution in [-0.4, -0.2) is 17.0 Å². The first kappa shape index (κ1) is 12.4. The lowest BCUT2D eigenvalue weighted by Gasteiger charge is -2.21. The van der Waals surface area contributed by atoms with Gasteiger partial charge >= 0.3 is 0 Å². The lowest BCUT2D eigenvalue weighted by molar-refractivity contribution is -0.126. The molecule has 0 saturated heterocycles. The number of hydrogen-bond donors (Lipinski definition) is 1. The Kier molecular flexibility index (Phi) is 5.63. The van der Waals surface area contributed by atoms with E-state index in [0.29, 0.717) is 6.42 Å². The minimum Gasteiger partial charge on any atom is -0.392 e. The van der Waals surface area contributed by atoms with Gasteiger partial charge in [0.25, 0.3) is 0 Å². The molecular formula is C11H20O2. The normalized spacial score (nSPS) is 18.5. The van der Waals surface area contributed by atoms with E-state index < -0.39 is 6.10 Å². The van der Waals surface area contributed by atoms with Gasteiger partial charge in [-0.1, -0.05) is 32.9 Å². The molecule has 0 aliphatic carbocycles. The van der Waals surface area contributed by atoms with E-state index in [9.17, 15) is 9.90 Å². The Balaban J connectivity index is 4.23. The Hall–Kier alpha value is -0.630. The molecule has 0 amide bonds. The van der Waals surface area contributed by atoms with Crippen molar-refractivity contribution in [3.8, 4) is 0 Å². The molecule has 0 bridgehead atoms. The number of Topliss-reactive ketones (excluding diaryl/α,β-unsaturated/α-hetero) is 1. The molecule has 13 heavy (non-hydrogen) atoms. The number of aliphatic hydroxyl groups is 1. The van der Waals surface area contributed by atoms with E-state index in [0.717, 1.165) is 0 Å². The molecular weight excluding hydrogens is 164 g/mol. The quantitative estimate of drug-likeness (QED) is 0.665. The first-order valence-electron chi connectivity index (χ1n) is 4.88. The molecule has 3 atom stereocenters. The second-order valence-electron chi connectivity index (χ2n) is 3.48. The Bertz CT molecular complexity index is 185. The summed E-state index contributed by atoms with van der Waals surface area (Å²) in [5.41, 5.74) is 0. The van der Waals surface area contributed by atoms with Gasteiger partial charge in [-0.3, -0.25) is 4.79 Å². The van der Waals surface area contributed by atoms with Crippen molar-refractivity contribution >= 4 is 5.78 Å². The van der Waals surface area contributed by atoms with Gasteiger partial charge in [0.1, 0.15) is 5.78 Å². The van der Waals surface area contributed by atoms with Gasteiger partial charge < -0.3 is 5.11 Å². The van der Waals surface area contributed by atoms with E-state index in [4.69, 9.17) is 0 Å². The Morgan fingerprint density at radius 3 is 2.38 bits per heavy atom. The van der Waals surface area contributed by atoms with Gasteiger partial charge in [0, 0.05) is 18.3 Å². The van der Waals surface area contributed by atoms with Gasteiger partial charge in [-0.05, 0) is 6.92 Å². The van der Waals surface area contributed by atoms with E-state index in [1.54, 1.807) is 6.92 Å². The molecule has 0 fully saturated rings. The van der Waals surface area contributed by atoms with E-state index in [1.807, 2.05) is 32.9 Å². The van der Waals surface area contributed by atoms with Crippen LogP contribution in [0.25, 0.3) is 0 Å². The highest BCUT2D eigenvalue weighted by Crippen LogP contribution is 2.16. The Morgan fingerprint density at radius 1 is 1.46 bits per heavy atom. The van der Waals surface area contributed by atoms with E-state index in [-0.39, 0.29) is 17.6 Å². The highest BCUT2D eigenvalue weighted by molar-refractivity contribution is 5.80. The van der Waals surface area contributed by atoms with Crippen LogP contribution in [0.4, 0.5) is 0 Å². The average Bonchev–Trinajstić information content (AvgIpc) is 2.14. The minimum absolute atomic E-state index is 0.0514. The van der Waals surface area contributed by atoms with Gasteiger partial charge in [-0.15, -0.1) is 0 Å². The third kappa shape index (κ3) is 3.73. The van der Waals surface area contributed by atoms with Crippen LogP contribution in [0.5, 0.6) is 0 Å². The van der Waals surface area contributed by atoms with Crippen molar-refractivity contribution < 1.29 is 9.90 Å². The smallest absolute Gasteiger partial charge is 0.138 e. The molecule has 0 unspecified atom stereocenters. The fourth-order valence-electron chi connectivity index (χ4n) is 1.39. The van der Waals surface area contributed by atoms with E-state index >= 15 is 0 Å². The maximum Gasteiger partial charge on any atom is 0.138 e. The van der Waals surface area contributed by atoms with Gasteiger partial charge in [0.2, 0.25) is 0 Å². The predicted molar refractivity (Wildman–Crippen MR) is 54.4 cm³/mol. The van der Waals surface area contributed by atoms with E-state index in [1.165, 1.54) is 0 Å². The summed E-state index contributed by atoms with van der Waals surface area (Å²) in [6, 6.07) is 0. The second kappa shape index (κ2) is 5.92. The molecule has 0 rings (SSSR count). The fraction of sp³-hybridized carbons (Fsp3) is 0.727. The predicted octanol–water partition coefficient (Wildman–Crippen LogP) is 2.17. The number of rotatable bonds is 5. The maximum atomic E-state index is 11.3. The van der Waals surface area contributed by atoms with Crippen LogP contribution in [0.2, 0.25) is 0 Å². The summed E-state index contributed by atoms with van der Waals surface area (Å²) in [5, 5.41) is 9.75. The van der Waals surface area contributed by atoms with Crippen LogP contribution in [0.3, 0.4) is 0 Å². The molecule has 0 aromatic carbocycles. The van der Waals surface area contributed by atoms with Crippen molar-refractivity contribution in [3.63, 3.8) is 0 Å². The van der Waals surface area contributed by atoms with Crippen molar-refractivity contribution in [1.29, 1.82) is 0 Å². The van der Waals surface area contributed by atoms with Gasteiger partial charge in [-0.2, -0.15) is 0 Å². The van der Waals surface area contributed by atoms with Crippen LogP contribution in [-0.2, 0) is 4.79 Å². The van der Waals surface area contributed by atoms with Crippen LogP contribution < -0.4 is 0 Å². The molecule has 0 radical (unpaired) electrons. The van der Waals surface area contributed by atoms with Crippen LogP contribution in [0.15, 0.2) is 12.2 Å². The van der Waals surface area contributed by atoms with Crippen LogP contribution in [0.1, 0.15) is 34.1 Å². The lowest BCUT2D eigenvalue weighted by Crippen LogP contribution is -2.30. The zero-order valence-corrected chi connectivity index (χ0v) is 8.95. The summed E-state index contributed by atoms with van der Waals surface area (Å²) in [6.07, 6.45) is 3.77. The highest BCUT2D eigenvalue weighted by Gasteiger charge is 2.23. The molecule has 76 valence electrons. The van der Waals surface area contributed by atoms with Gasteiger partial charge in [0.15, 0.2) is 0 Å². The molecule has 2 heteroatoms. The molecule has 0 aliphatic heterocycles. The SMILES string of the molecule is C/C=C/[C@H](C)[C@H](O)[C@@H](C)C(=O)CC. The number of carbonyl (C=O) groups is 1. The number of ketones is 1. The summed E-state index contributed by atoms with van der Waals surface area (Å²) < 4.78 is 0. The van der Waals surface area contributed by atoms with Gasteiger partial charge in [0.05, 0.1) is 6.10 Å². The van der Waals surface area contributed by atoms with Crippen molar-refractivity contribution in [2.24, 2.45) is 11.8 Å². The summed E-state index contributed by atoms with van der Waals surface area (Å²) in [4.78, 5) is 11.3. The van der Waals surface area contributed by atoms with Crippen molar-refractivity contribution in [2.45, 2.75) is 40.2 Å². The number of hydrogen-bond acceptors (Lipinski definition) is 2. The van der Waals surface area contributed by atoms with Crippen molar-refractivity contribution in [3.05, 3.63) is 12.2 Å². The molecule has 0 saturated carbocycles. The zero-order chi connectivity index (χ0) is 10.4. The number of allylic oxidation sites excluding steroid dienone is 1. The molecule has 0 spiro atoms. The monoisotopic (exact) mass is 184 g/mol. The fourth-order valence-corrected chi connectivity index (χ4v) is 1.39. The Morgan fingerprint density at radius 2 is 2.00 bits per heavy atom. The summed E-state index contributed by atoms with van der Waals surface area (Å²) in [7, 11) is 0. The van der Waals surface area contributed by atoms with Crippen LogP contribution >= 0.6 is 0 Å². The molecule has 0 aliphatic rings.